The molecule has 0 unspecified atom stereocenters. The lowest BCUT2D eigenvalue weighted by atomic mass is 10.1. The van der Waals surface area contributed by atoms with Gasteiger partial charge in [-0.3, -0.25) is 9.71 Å². The van der Waals surface area contributed by atoms with Crippen LogP contribution in [-0.2, 0) is 10.0 Å². The topological polar surface area (TPSA) is 99.0 Å². The predicted octanol–water partition coefficient (Wildman–Crippen LogP) is 4.00. The lowest BCUT2D eigenvalue weighted by Crippen LogP contribution is -2.12. The van der Waals surface area contributed by atoms with Gasteiger partial charge in [0.05, 0.1) is 0 Å². The molecular weight excluding hydrogens is 360 g/mol. The molecule has 1 heterocycles. The van der Waals surface area contributed by atoms with Gasteiger partial charge in [-0.1, -0.05) is 43.0 Å². The van der Waals surface area contributed by atoms with Crippen LogP contribution < -0.4 is 4.72 Å². The number of anilines is 1. The average molecular weight is 374 g/mol. The van der Waals surface area contributed by atoms with Crippen molar-refractivity contribution in [1.29, 1.82) is 0 Å². The van der Waals surface area contributed by atoms with Gasteiger partial charge in [0.2, 0.25) is 0 Å². The van der Waals surface area contributed by atoms with Crippen LogP contribution in [-0.4, -0.2) is 24.8 Å². The molecule has 0 amide bonds. The molecule has 0 fully saturated rings. The summed E-state index contributed by atoms with van der Waals surface area (Å²) in [6.07, 6.45) is 2.68. The summed E-state index contributed by atoms with van der Waals surface area (Å²) in [7, 11) is -3.93. The Balaban J connectivity index is 2.27. The third kappa shape index (κ3) is 3.09. The number of phenolic OH excluding ortho intramolecular Hbond substituents is 2. The Morgan fingerprint density at radius 1 is 1.08 bits per heavy atom. The highest BCUT2D eigenvalue weighted by molar-refractivity contribution is 7.94. The van der Waals surface area contributed by atoms with E-state index in [1.54, 1.807) is 35.7 Å². The summed E-state index contributed by atoms with van der Waals surface area (Å²) in [6.45, 7) is 3.50. The highest BCUT2D eigenvalue weighted by Gasteiger charge is 2.24. The van der Waals surface area contributed by atoms with E-state index in [1.165, 1.54) is 18.4 Å². The molecule has 3 N–H and O–H groups in total. The van der Waals surface area contributed by atoms with E-state index in [0.717, 1.165) is 11.3 Å². The molecule has 25 heavy (non-hydrogen) atoms. The van der Waals surface area contributed by atoms with Crippen LogP contribution in [0.3, 0.4) is 0 Å². The fourth-order valence-corrected chi connectivity index (χ4v) is 4.41. The van der Waals surface area contributed by atoms with Crippen molar-refractivity contribution in [2.24, 2.45) is 4.99 Å². The minimum absolute atomic E-state index is 0.0817. The largest absolute Gasteiger partial charge is 0.505 e. The first-order valence-electron chi connectivity index (χ1n) is 7.13. The number of phenols is 2. The Hall–Kier alpha value is -2.84. The molecule has 0 spiro atoms. The molecule has 0 saturated carbocycles. The normalized spacial score (nSPS) is 11.8. The van der Waals surface area contributed by atoms with Crippen molar-refractivity contribution >= 4 is 49.7 Å². The summed E-state index contributed by atoms with van der Waals surface area (Å²) in [6, 6.07) is 9.60. The van der Waals surface area contributed by atoms with E-state index in [9.17, 15) is 18.6 Å². The Kier molecular flexibility index (Phi) is 4.47. The number of nitrogens with one attached hydrogen (secondary N) is 1. The van der Waals surface area contributed by atoms with Crippen molar-refractivity contribution in [3.63, 3.8) is 0 Å². The molecule has 0 radical (unpaired) electrons. The first-order chi connectivity index (χ1) is 12.0. The molecule has 128 valence electrons. The predicted molar refractivity (Wildman–Crippen MR) is 101 cm³/mol. The van der Waals surface area contributed by atoms with Gasteiger partial charge >= 0.3 is 0 Å². The van der Waals surface area contributed by atoms with Gasteiger partial charge in [0.15, 0.2) is 5.75 Å². The maximum absolute atomic E-state index is 12.5. The number of allylic oxidation sites excluding steroid dienone is 1. The first-order valence-corrected chi connectivity index (χ1v) is 9.50. The van der Waals surface area contributed by atoms with Crippen LogP contribution in [0.2, 0.25) is 0 Å². The van der Waals surface area contributed by atoms with E-state index in [0.29, 0.717) is 10.8 Å². The second kappa shape index (κ2) is 6.58. The second-order valence-electron chi connectivity index (χ2n) is 5.02. The number of rotatable bonds is 5. The lowest BCUT2D eigenvalue weighted by Gasteiger charge is -2.15. The molecule has 0 aliphatic rings. The van der Waals surface area contributed by atoms with Crippen LogP contribution in [0.1, 0.15) is 0 Å². The van der Waals surface area contributed by atoms with Crippen LogP contribution in [0.4, 0.5) is 11.4 Å². The molecule has 0 aliphatic heterocycles. The zero-order valence-corrected chi connectivity index (χ0v) is 14.5. The average Bonchev–Trinajstić information content (AvgIpc) is 3.15. The zero-order chi connectivity index (χ0) is 18.0. The van der Waals surface area contributed by atoms with Gasteiger partial charge in [-0.25, -0.2) is 8.42 Å². The number of nitrogens with zero attached hydrogens (tertiary/aromatic N) is 1. The molecule has 0 atom stereocenters. The maximum atomic E-state index is 12.5. The maximum Gasteiger partial charge on any atom is 0.271 e. The summed E-state index contributed by atoms with van der Waals surface area (Å²) in [5.41, 5.74) is -0.279. The van der Waals surface area contributed by atoms with Crippen molar-refractivity contribution in [1.82, 2.24) is 0 Å². The number of aliphatic imine (C=N–C) groups is 1. The van der Waals surface area contributed by atoms with E-state index in [1.807, 2.05) is 0 Å². The number of hydrogen-bond donors (Lipinski definition) is 3. The van der Waals surface area contributed by atoms with E-state index >= 15 is 0 Å². The molecule has 6 nitrogen and oxygen atoms in total. The molecular formula is C17H14N2O4S2. The SMILES string of the molecule is C=CC=Nc1c(NS(=O)(=O)c2cccs2)c(O)c2ccccc2c1O. The molecule has 0 aliphatic carbocycles. The minimum Gasteiger partial charge on any atom is -0.505 e. The Labute approximate surface area is 148 Å². The number of fused-ring (bicyclic) bond motifs is 1. The Bertz CT molecular complexity index is 1070. The van der Waals surface area contributed by atoms with Crippen LogP contribution in [0.5, 0.6) is 11.5 Å². The number of benzene rings is 2. The molecule has 3 rings (SSSR count). The van der Waals surface area contributed by atoms with Gasteiger partial charge in [-0.2, -0.15) is 0 Å². The highest BCUT2D eigenvalue weighted by Crippen LogP contribution is 2.48. The van der Waals surface area contributed by atoms with Gasteiger partial charge in [0, 0.05) is 17.0 Å². The summed E-state index contributed by atoms with van der Waals surface area (Å²) in [5.74, 6) is -0.555. The first kappa shape index (κ1) is 17.0. The van der Waals surface area contributed by atoms with E-state index in [4.69, 9.17) is 0 Å². The van der Waals surface area contributed by atoms with Crippen molar-refractivity contribution < 1.29 is 18.6 Å². The Morgan fingerprint density at radius 2 is 1.76 bits per heavy atom. The standard InChI is InChI=1S/C17H14N2O4S2/c1-2-9-18-14-15(19-25(22,23)13-8-5-10-24-13)17(21)12-7-4-3-6-11(12)16(14)20/h2-10,19-21H,1H2. The monoisotopic (exact) mass is 374 g/mol. The van der Waals surface area contributed by atoms with E-state index in [2.05, 4.69) is 16.3 Å². The van der Waals surface area contributed by atoms with Gasteiger partial charge in [0.1, 0.15) is 21.3 Å². The lowest BCUT2D eigenvalue weighted by molar-refractivity contribution is 0.473. The van der Waals surface area contributed by atoms with Crippen LogP contribution >= 0.6 is 11.3 Å². The number of sulfonamides is 1. The third-order valence-corrected chi connectivity index (χ3v) is 6.19. The van der Waals surface area contributed by atoms with Gasteiger partial charge in [0.25, 0.3) is 10.0 Å². The fourth-order valence-electron chi connectivity index (χ4n) is 2.34. The van der Waals surface area contributed by atoms with Gasteiger partial charge in [-0.05, 0) is 11.4 Å². The fraction of sp³-hybridized carbons (Fsp3) is 0. The third-order valence-electron chi connectivity index (χ3n) is 3.44. The van der Waals surface area contributed by atoms with Crippen molar-refractivity contribution in [2.75, 3.05) is 4.72 Å². The van der Waals surface area contributed by atoms with E-state index < -0.39 is 10.0 Å². The zero-order valence-electron chi connectivity index (χ0n) is 12.9. The van der Waals surface area contributed by atoms with Crippen LogP contribution in [0, 0.1) is 0 Å². The summed E-state index contributed by atoms with van der Waals surface area (Å²) < 4.78 is 27.5. The molecule has 2 aromatic carbocycles. The van der Waals surface area contributed by atoms with Gasteiger partial charge in [-0.15, -0.1) is 11.3 Å². The van der Waals surface area contributed by atoms with Crippen molar-refractivity contribution in [3.05, 3.63) is 54.4 Å². The molecule has 3 aromatic rings. The summed E-state index contributed by atoms with van der Waals surface area (Å²) in [4.78, 5) is 4.02. The van der Waals surface area contributed by atoms with E-state index in [-0.39, 0.29) is 27.1 Å². The number of hydrogen-bond acceptors (Lipinski definition) is 6. The van der Waals surface area contributed by atoms with Gasteiger partial charge < -0.3 is 10.2 Å². The molecule has 8 heteroatoms. The highest BCUT2D eigenvalue weighted by atomic mass is 32.2. The molecule has 1 aromatic heterocycles. The summed E-state index contributed by atoms with van der Waals surface area (Å²) in [5, 5.41) is 23.4. The second-order valence-corrected chi connectivity index (χ2v) is 7.87. The summed E-state index contributed by atoms with van der Waals surface area (Å²) >= 11 is 1.04. The van der Waals surface area contributed by atoms with Crippen molar-refractivity contribution in [3.8, 4) is 11.5 Å². The smallest absolute Gasteiger partial charge is 0.271 e. The number of thiophene rings is 1. The number of aromatic hydroxyl groups is 2. The van der Waals surface area contributed by atoms with Crippen molar-refractivity contribution in [2.45, 2.75) is 4.21 Å². The molecule has 0 saturated heterocycles. The minimum atomic E-state index is -3.93. The quantitative estimate of drug-likeness (QED) is 0.357. The Morgan fingerprint density at radius 3 is 2.36 bits per heavy atom. The van der Waals surface area contributed by atoms with Crippen LogP contribution in [0.25, 0.3) is 10.8 Å². The van der Waals surface area contributed by atoms with Crippen LogP contribution in [0.15, 0.2) is 63.6 Å². The molecule has 0 bridgehead atoms.